The number of aliphatic carboxylic acids is 2. The second-order valence-electron chi connectivity index (χ2n) is 8.37. The Bertz CT molecular complexity index is 1220. The summed E-state index contributed by atoms with van der Waals surface area (Å²) in [6.45, 7) is 2.18. The van der Waals surface area contributed by atoms with Crippen LogP contribution in [-0.4, -0.2) is 59.0 Å². The zero-order chi connectivity index (χ0) is 23.7. The van der Waals surface area contributed by atoms with Crippen LogP contribution in [0.1, 0.15) is 30.4 Å². The summed E-state index contributed by atoms with van der Waals surface area (Å²) in [6.07, 6.45) is 2.84. The van der Waals surface area contributed by atoms with Gasteiger partial charge in [-0.15, -0.1) is 0 Å². The Kier molecular flexibility index (Phi) is 6.29. The van der Waals surface area contributed by atoms with Crippen LogP contribution in [0.5, 0.6) is 17.2 Å². The van der Waals surface area contributed by atoms with Crippen molar-refractivity contribution in [2.75, 3.05) is 20.8 Å². The number of aromatic hydroxyl groups is 1. The van der Waals surface area contributed by atoms with Gasteiger partial charge in [0, 0.05) is 12.6 Å². The van der Waals surface area contributed by atoms with Gasteiger partial charge in [0.25, 0.3) is 0 Å². The number of hydrogen-bond donors (Lipinski definition) is 3. The Morgan fingerprint density at radius 2 is 1.58 bits per heavy atom. The number of carboxylic acids is 2. The molecule has 3 aromatic rings. The maximum atomic E-state index is 10.1. The molecular formula is C25H27NO7. The molecule has 1 atom stereocenters. The minimum absolute atomic E-state index is 0.295. The van der Waals surface area contributed by atoms with E-state index in [0.717, 1.165) is 35.2 Å². The van der Waals surface area contributed by atoms with Crippen LogP contribution < -0.4 is 9.47 Å². The highest BCUT2D eigenvalue weighted by Crippen LogP contribution is 2.44. The first-order valence-electron chi connectivity index (χ1n) is 10.8. The molecule has 0 unspecified atom stereocenters. The van der Waals surface area contributed by atoms with Crippen molar-refractivity contribution in [3.8, 4) is 17.2 Å². The molecule has 3 aromatic carbocycles. The molecule has 2 heterocycles. The Morgan fingerprint density at radius 1 is 0.939 bits per heavy atom. The molecular weight excluding hydrogens is 426 g/mol. The zero-order valence-corrected chi connectivity index (χ0v) is 18.6. The van der Waals surface area contributed by atoms with Crippen molar-refractivity contribution in [2.24, 2.45) is 0 Å². The van der Waals surface area contributed by atoms with Crippen molar-refractivity contribution >= 4 is 33.5 Å². The highest BCUT2D eigenvalue weighted by Gasteiger charge is 2.32. The smallest absolute Gasteiger partial charge is 0.314 e. The molecule has 0 aromatic heterocycles. The van der Waals surface area contributed by atoms with Gasteiger partial charge < -0.3 is 24.8 Å². The molecule has 0 radical (unpaired) electrons. The van der Waals surface area contributed by atoms with E-state index in [1.54, 1.807) is 20.3 Å². The fourth-order valence-electron chi connectivity index (χ4n) is 5.01. The van der Waals surface area contributed by atoms with E-state index in [2.05, 4.69) is 23.1 Å². The maximum Gasteiger partial charge on any atom is 0.314 e. The zero-order valence-electron chi connectivity index (χ0n) is 18.6. The number of fused-ring (bicyclic) bond motifs is 7. The average Bonchev–Trinajstić information content (AvgIpc) is 3.24. The Balaban J connectivity index is 0.000000325. The molecule has 174 valence electrons. The lowest BCUT2D eigenvalue weighted by Crippen LogP contribution is -2.35. The van der Waals surface area contributed by atoms with E-state index in [4.69, 9.17) is 19.7 Å². The van der Waals surface area contributed by atoms with Crippen LogP contribution in [0, 0.1) is 0 Å². The van der Waals surface area contributed by atoms with Gasteiger partial charge in [0.15, 0.2) is 11.5 Å². The van der Waals surface area contributed by atoms with E-state index in [-0.39, 0.29) is 0 Å². The number of phenolic OH excluding ortho intramolecular Hbond substituents is 1. The molecule has 2 aliphatic heterocycles. The topological polar surface area (TPSA) is 117 Å². The molecule has 0 spiro atoms. The van der Waals surface area contributed by atoms with E-state index in [9.17, 15) is 14.7 Å². The maximum absolute atomic E-state index is 10.1. The molecule has 5 rings (SSSR count). The molecule has 8 nitrogen and oxygen atoms in total. The first-order valence-corrected chi connectivity index (χ1v) is 10.8. The van der Waals surface area contributed by atoms with Crippen LogP contribution in [0.2, 0.25) is 0 Å². The van der Waals surface area contributed by atoms with Crippen molar-refractivity contribution in [2.45, 2.75) is 38.3 Å². The fourth-order valence-corrected chi connectivity index (χ4v) is 5.01. The normalized spacial score (nSPS) is 17.1. The summed E-state index contributed by atoms with van der Waals surface area (Å²) < 4.78 is 11.1. The van der Waals surface area contributed by atoms with Gasteiger partial charge in [-0.25, -0.2) is 0 Å². The summed E-state index contributed by atoms with van der Waals surface area (Å²) in [7, 11) is 3.35. The van der Waals surface area contributed by atoms with Crippen LogP contribution in [0.3, 0.4) is 0 Å². The molecule has 3 N–H and O–H groups in total. The third kappa shape index (κ3) is 4.39. The largest absolute Gasteiger partial charge is 0.508 e. The lowest BCUT2D eigenvalue weighted by Gasteiger charge is -2.33. The van der Waals surface area contributed by atoms with Gasteiger partial charge in [-0.1, -0.05) is 6.07 Å². The summed E-state index contributed by atoms with van der Waals surface area (Å²) in [5, 5.41) is 30.2. The summed E-state index contributed by atoms with van der Waals surface area (Å²) >= 11 is 0. The Labute approximate surface area is 190 Å². The number of carboxylic acid groups (broad SMARTS) is 2. The number of nitrogens with zero attached hydrogens (tertiary/aromatic N) is 1. The molecule has 1 fully saturated rings. The average molecular weight is 453 g/mol. The van der Waals surface area contributed by atoms with Gasteiger partial charge in [-0.3, -0.25) is 14.5 Å². The number of carbonyl (C=O) groups is 2. The van der Waals surface area contributed by atoms with Crippen LogP contribution in [0.15, 0.2) is 30.3 Å². The van der Waals surface area contributed by atoms with Crippen molar-refractivity contribution in [3.05, 3.63) is 41.5 Å². The molecule has 0 amide bonds. The molecule has 8 heteroatoms. The number of phenols is 1. The first-order chi connectivity index (χ1) is 15.8. The second kappa shape index (κ2) is 9.15. The number of hydrogen-bond acceptors (Lipinski definition) is 6. The van der Waals surface area contributed by atoms with E-state index >= 15 is 0 Å². The minimum Gasteiger partial charge on any atom is -0.508 e. The number of rotatable bonds is 4. The van der Waals surface area contributed by atoms with Crippen molar-refractivity contribution in [1.29, 1.82) is 0 Å². The van der Waals surface area contributed by atoms with E-state index in [1.807, 2.05) is 6.07 Å². The molecule has 1 saturated heterocycles. The van der Waals surface area contributed by atoms with Crippen molar-refractivity contribution < 1.29 is 34.4 Å². The SMILES string of the molecule is COc1cc2c3c(c4ccc(O)cc4c2cc1OC)CN1CCC[C@H]1C3.O=C(O)CC(=O)O. The van der Waals surface area contributed by atoms with Gasteiger partial charge in [0.2, 0.25) is 0 Å². The number of ether oxygens (including phenoxy) is 2. The Morgan fingerprint density at radius 3 is 2.18 bits per heavy atom. The summed E-state index contributed by atoms with van der Waals surface area (Å²) in [4.78, 5) is 21.5. The highest BCUT2D eigenvalue weighted by atomic mass is 16.5. The van der Waals surface area contributed by atoms with Gasteiger partial charge in [0.05, 0.1) is 14.2 Å². The van der Waals surface area contributed by atoms with Crippen LogP contribution >= 0.6 is 0 Å². The monoisotopic (exact) mass is 453 g/mol. The van der Waals surface area contributed by atoms with Crippen molar-refractivity contribution in [3.63, 3.8) is 0 Å². The molecule has 0 saturated carbocycles. The van der Waals surface area contributed by atoms with Crippen LogP contribution in [-0.2, 0) is 22.6 Å². The van der Waals surface area contributed by atoms with Crippen LogP contribution in [0.25, 0.3) is 21.5 Å². The quantitative estimate of drug-likeness (QED) is 0.404. The van der Waals surface area contributed by atoms with Gasteiger partial charge >= 0.3 is 11.9 Å². The predicted octanol–water partition coefficient (Wildman–Crippen LogP) is 3.78. The number of methoxy groups -OCH3 is 2. The first kappa shape index (κ1) is 22.7. The van der Waals surface area contributed by atoms with E-state index in [1.165, 1.54) is 41.3 Å². The van der Waals surface area contributed by atoms with Gasteiger partial charge in [0.1, 0.15) is 12.2 Å². The lowest BCUT2D eigenvalue weighted by atomic mass is 9.85. The molecule has 2 aliphatic rings. The standard InChI is InChI=1S/C22H23NO3.C3H4O4/c1-25-21-10-18-16-8-13-4-3-7-23(13)12-20(16)15-6-5-14(24)9-17(15)19(18)11-22(21)26-2;4-2(5)1-3(6)7/h5-6,9-11,13,24H,3-4,7-8,12H2,1-2H3;1H2,(H,4,5)(H,6,7)/t13-;/m0./s1. The molecule has 33 heavy (non-hydrogen) atoms. The summed E-state index contributed by atoms with van der Waals surface area (Å²) in [5.41, 5.74) is 2.83. The third-order valence-electron chi connectivity index (χ3n) is 6.43. The van der Waals surface area contributed by atoms with Gasteiger partial charge in [-0.05, 0) is 82.7 Å². The molecule has 0 bridgehead atoms. The van der Waals surface area contributed by atoms with E-state index < -0.39 is 18.4 Å². The number of benzene rings is 3. The summed E-state index contributed by atoms with van der Waals surface area (Å²) in [6, 6.07) is 10.5. The third-order valence-corrected chi connectivity index (χ3v) is 6.43. The van der Waals surface area contributed by atoms with Gasteiger partial charge in [-0.2, -0.15) is 0 Å². The highest BCUT2D eigenvalue weighted by molar-refractivity contribution is 6.12. The van der Waals surface area contributed by atoms with Crippen molar-refractivity contribution in [1.82, 2.24) is 4.90 Å². The Hall–Kier alpha value is -3.52. The predicted molar refractivity (Wildman–Crippen MR) is 123 cm³/mol. The van der Waals surface area contributed by atoms with Crippen LogP contribution in [0.4, 0.5) is 0 Å². The fraction of sp³-hybridized carbons (Fsp3) is 0.360. The molecule has 0 aliphatic carbocycles. The summed E-state index contributed by atoms with van der Waals surface area (Å²) in [5.74, 6) is -0.846. The lowest BCUT2D eigenvalue weighted by molar-refractivity contribution is -0.147. The minimum atomic E-state index is -1.31. The van der Waals surface area contributed by atoms with E-state index in [0.29, 0.717) is 11.8 Å². The second-order valence-corrected chi connectivity index (χ2v) is 8.37.